The minimum absolute atomic E-state index is 0.0162. The van der Waals surface area contributed by atoms with Crippen LogP contribution in [-0.4, -0.2) is 43.0 Å². The molecular formula is C23H29N3O3. The van der Waals surface area contributed by atoms with Crippen molar-refractivity contribution in [2.45, 2.75) is 32.4 Å². The lowest BCUT2D eigenvalue weighted by Crippen LogP contribution is -2.50. The monoisotopic (exact) mass is 395 g/mol. The zero-order valence-electron chi connectivity index (χ0n) is 17.1. The summed E-state index contributed by atoms with van der Waals surface area (Å²) in [5, 5.41) is 5.97. The predicted molar refractivity (Wildman–Crippen MR) is 114 cm³/mol. The molecule has 6 nitrogen and oxygen atoms in total. The number of hydrogen-bond acceptors (Lipinski definition) is 4. The average Bonchev–Trinajstić information content (AvgIpc) is 2.77. The van der Waals surface area contributed by atoms with Crippen LogP contribution in [0.4, 0.5) is 5.69 Å². The number of benzene rings is 2. The maximum Gasteiger partial charge on any atom is 0.237 e. The summed E-state index contributed by atoms with van der Waals surface area (Å²) >= 11 is 0. The Balaban J connectivity index is 1.53. The van der Waals surface area contributed by atoms with Gasteiger partial charge in [-0.25, -0.2) is 0 Å². The van der Waals surface area contributed by atoms with Crippen molar-refractivity contribution in [1.82, 2.24) is 10.2 Å². The van der Waals surface area contributed by atoms with Gasteiger partial charge in [0, 0.05) is 24.3 Å². The van der Waals surface area contributed by atoms with E-state index in [1.54, 1.807) is 7.11 Å². The Hall–Kier alpha value is -2.86. The number of rotatable bonds is 7. The summed E-state index contributed by atoms with van der Waals surface area (Å²) in [6.45, 7) is 3.72. The fraction of sp³-hybridized carbons (Fsp3) is 0.391. The number of nitrogens with zero attached hydrogens (tertiary/aromatic N) is 1. The van der Waals surface area contributed by atoms with E-state index in [2.05, 4.69) is 15.5 Å². The van der Waals surface area contributed by atoms with E-state index in [1.807, 2.05) is 61.5 Å². The highest BCUT2D eigenvalue weighted by Gasteiger charge is 2.30. The van der Waals surface area contributed by atoms with Crippen LogP contribution in [0.25, 0.3) is 0 Å². The van der Waals surface area contributed by atoms with Crippen molar-refractivity contribution in [2.75, 3.05) is 25.5 Å². The van der Waals surface area contributed by atoms with Crippen LogP contribution in [0.15, 0.2) is 54.6 Å². The molecule has 0 saturated carbocycles. The first-order chi connectivity index (χ1) is 14.1. The summed E-state index contributed by atoms with van der Waals surface area (Å²) in [5.74, 6) is 0.618. The molecule has 0 spiro atoms. The zero-order chi connectivity index (χ0) is 20.6. The Morgan fingerprint density at radius 3 is 2.62 bits per heavy atom. The van der Waals surface area contributed by atoms with Crippen molar-refractivity contribution in [3.63, 3.8) is 0 Å². The summed E-state index contributed by atoms with van der Waals surface area (Å²) in [5.41, 5.74) is 1.74. The van der Waals surface area contributed by atoms with E-state index in [4.69, 9.17) is 4.74 Å². The van der Waals surface area contributed by atoms with Crippen molar-refractivity contribution in [3.05, 3.63) is 60.2 Å². The molecule has 6 heteroatoms. The van der Waals surface area contributed by atoms with Crippen LogP contribution in [0, 0.1) is 5.92 Å². The van der Waals surface area contributed by atoms with Crippen LogP contribution in [0.2, 0.25) is 0 Å². The Bertz CT molecular complexity index is 825. The van der Waals surface area contributed by atoms with Gasteiger partial charge in [-0.3, -0.25) is 14.5 Å². The largest absolute Gasteiger partial charge is 0.496 e. The lowest BCUT2D eigenvalue weighted by atomic mass is 9.95. The number of amides is 2. The molecule has 2 aromatic rings. The SMILES string of the molecule is COc1ccccc1CNC(=O)[C@H](C)N1CCC[C@@H](C(=O)Nc2ccccc2)C1. The van der Waals surface area contributed by atoms with Crippen molar-refractivity contribution in [3.8, 4) is 5.75 Å². The molecule has 0 unspecified atom stereocenters. The summed E-state index contributed by atoms with van der Waals surface area (Å²) < 4.78 is 5.34. The number of ether oxygens (including phenoxy) is 1. The number of likely N-dealkylation sites (tertiary alicyclic amines) is 1. The molecule has 1 aliphatic heterocycles. The average molecular weight is 396 g/mol. The molecule has 1 aliphatic rings. The molecule has 0 radical (unpaired) electrons. The van der Waals surface area contributed by atoms with E-state index in [9.17, 15) is 9.59 Å². The molecule has 0 bridgehead atoms. The van der Waals surface area contributed by atoms with Gasteiger partial charge in [0.2, 0.25) is 11.8 Å². The Morgan fingerprint density at radius 2 is 1.86 bits per heavy atom. The Morgan fingerprint density at radius 1 is 1.14 bits per heavy atom. The predicted octanol–water partition coefficient (Wildman–Crippen LogP) is 3.05. The van der Waals surface area contributed by atoms with Gasteiger partial charge in [0.05, 0.1) is 19.1 Å². The van der Waals surface area contributed by atoms with E-state index in [1.165, 1.54) is 0 Å². The van der Waals surface area contributed by atoms with Gasteiger partial charge in [-0.05, 0) is 44.5 Å². The van der Waals surface area contributed by atoms with Gasteiger partial charge in [0.1, 0.15) is 5.75 Å². The molecule has 2 atom stereocenters. The highest BCUT2D eigenvalue weighted by molar-refractivity contribution is 5.92. The fourth-order valence-electron chi connectivity index (χ4n) is 3.68. The first kappa shape index (κ1) is 20.9. The molecule has 29 heavy (non-hydrogen) atoms. The second kappa shape index (κ2) is 10.1. The van der Waals surface area contributed by atoms with E-state index in [0.717, 1.165) is 36.4 Å². The molecule has 0 aliphatic carbocycles. The van der Waals surface area contributed by atoms with Crippen LogP contribution < -0.4 is 15.4 Å². The second-order valence-corrected chi connectivity index (χ2v) is 7.39. The van der Waals surface area contributed by atoms with Crippen LogP contribution in [-0.2, 0) is 16.1 Å². The molecule has 1 heterocycles. The Kier molecular flexibility index (Phi) is 7.25. The number of hydrogen-bond donors (Lipinski definition) is 2. The van der Waals surface area contributed by atoms with Crippen LogP contribution in [0.3, 0.4) is 0 Å². The smallest absolute Gasteiger partial charge is 0.237 e. The van der Waals surface area contributed by atoms with E-state index < -0.39 is 0 Å². The van der Waals surface area contributed by atoms with Gasteiger partial charge < -0.3 is 15.4 Å². The van der Waals surface area contributed by atoms with Crippen molar-refractivity contribution in [1.29, 1.82) is 0 Å². The lowest BCUT2D eigenvalue weighted by molar-refractivity contribution is -0.129. The normalized spacial score (nSPS) is 17.9. The van der Waals surface area contributed by atoms with Crippen molar-refractivity contribution < 1.29 is 14.3 Å². The number of methoxy groups -OCH3 is 1. The van der Waals surface area contributed by atoms with E-state index in [0.29, 0.717) is 13.1 Å². The van der Waals surface area contributed by atoms with Crippen LogP contribution in [0.1, 0.15) is 25.3 Å². The number of anilines is 1. The van der Waals surface area contributed by atoms with Gasteiger partial charge in [-0.2, -0.15) is 0 Å². The van der Waals surface area contributed by atoms with Gasteiger partial charge in [0.25, 0.3) is 0 Å². The summed E-state index contributed by atoms with van der Waals surface area (Å²) in [6.07, 6.45) is 1.74. The molecule has 1 fully saturated rings. The number of nitrogens with one attached hydrogen (secondary N) is 2. The molecular weight excluding hydrogens is 366 g/mol. The number of carbonyl (C=O) groups is 2. The summed E-state index contributed by atoms with van der Waals surface area (Å²) in [6, 6.07) is 16.8. The topological polar surface area (TPSA) is 70.7 Å². The molecule has 154 valence electrons. The van der Waals surface area contributed by atoms with Crippen molar-refractivity contribution >= 4 is 17.5 Å². The number of piperidine rings is 1. The number of para-hydroxylation sites is 2. The fourth-order valence-corrected chi connectivity index (χ4v) is 3.68. The summed E-state index contributed by atoms with van der Waals surface area (Å²) in [7, 11) is 1.62. The van der Waals surface area contributed by atoms with Gasteiger partial charge in [-0.1, -0.05) is 36.4 Å². The molecule has 0 aromatic heterocycles. The van der Waals surface area contributed by atoms with Crippen LogP contribution >= 0.6 is 0 Å². The summed E-state index contributed by atoms with van der Waals surface area (Å²) in [4.78, 5) is 27.4. The quantitative estimate of drug-likeness (QED) is 0.756. The standard InChI is InChI=1S/C23H29N3O3/c1-17(22(27)24-15-18-9-6-7-13-21(18)29-2)26-14-8-10-19(16-26)23(28)25-20-11-4-3-5-12-20/h3-7,9,11-13,17,19H,8,10,14-16H2,1-2H3,(H,24,27)(H,25,28)/t17-,19+/m0/s1. The minimum atomic E-state index is -0.294. The third-order valence-corrected chi connectivity index (χ3v) is 5.44. The maximum atomic E-state index is 12.7. The second-order valence-electron chi connectivity index (χ2n) is 7.39. The van der Waals surface area contributed by atoms with Gasteiger partial charge in [0.15, 0.2) is 0 Å². The van der Waals surface area contributed by atoms with Gasteiger partial charge >= 0.3 is 0 Å². The Labute approximate surface area is 172 Å². The molecule has 1 saturated heterocycles. The minimum Gasteiger partial charge on any atom is -0.496 e. The highest BCUT2D eigenvalue weighted by Crippen LogP contribution is 2.21. The first-order valence-corrected chi connectivity index (χ1v) is 10.1. The van der Waals surface area contributed by atoms with Crippen molar-refractivity contribution in [2.24, 2.45) is 5.92 Å². The molecule has 2 aromatic carbocycles. The van der Waals surface area contributed by atoms with Crippen LogP contribution in [0.5, 0.6) is 5.75 Å². The maximum absolute atomic E-state index is 12.7. The highest BCUT2D eigenvalue weighted by atomic mass is 16.5. The third kappa shape index (κ3) is 5.57. The van der Waals surface area contributed by atoms with Gasteiger partial charge in [-0.15, -0.1) is 0 Å². The number of carbonyl (C=O) groups excluding carboxylic acids is 2. The molecule has 2 N–H and O–H groups in total. The van der Waals surface area contributed by atoms with E-state index in [-0.39, 0.29) is 23.8 Å². The van der Waals surface area contributed by atoms with E-state index >= 15 is 0 Å². The third-order valence-electron chi connectivity index (χ3n) is 5.44. The molecule has 2 amide bonds. The lowest BCUT2D eigenvalue weighted by Gasteiger charge is -2.35. The first-order valence-electron chi connectivity index (χ1n) is 10.1. The zero-order valence-corrected chi connectivity index (χ0v) is 17.1. The molecule has 3 rings (SSSR count).